The van der Waals surface area contributed by atoms with Crippen molar-refractivity contribution in [3.63, 3.8) is 0 Å². The van der Waals surface area contributed by atoms with Crippen LogP contribution in [0.5, 0.6) is 0 Å². The fraction of sp³-hybridized carbons (Fsp3) is 0.263. The lowest BCUT2D eigenvalue weighted by Crippen LogP contribution is -2.28. The van der Waals surface area contributed by atoms with Gasteiger partial charge < -0.3 is 5.32 Å². The number of hydrogen-bond donors (Lipinski definition) is 1. The van der Waals surface area contributed by atoms with Crippen molar-refractivity contribution in [3.8, 4) is 0 Å². The third kappa shape index (κ3) is 3.91. The molecule has 0 amide bonds. The highest BCUT2D eigenvalue weighted by Gasteiger charge is 2.27. The van der Waals surface area contributed by atoms with Gasteiger partial charge in [0, 0.05) is 23.7 Å². The molecule has 146 valence electrons. The van der Waals surface area contributed by atoms with Crippen molar-refractivity contribution in [2.45, 2.75) is 17.7 Å². The Kier molecular flexibility index (Phi) is 5.37. The van der Waals surface area contributed by atoms with Crippen LogP contribution in [-0.4, -0.2) is 43.1 Å². The highest BCUT2D eigenvalue weighted by molar-refractivity contribution is 7.89. The highest BCUT2D eigenvalue weighted by Crippen LogP contribution is 2.28. The van der Waals surface area contributed by atoms with E-state index in [0.29, 0.717) is 28.8 Å². The number of benzene rings is 2. The lowest BCUT2D eigenvalue weighted by Gasteiger charge is -2.15. The number of fused-ring (bicyclic) bond motifs is 1. The Bertz CT molecular complexity index is 1140. The first-order valence-electron chi connectivity index (χ1n) is 8.87. The number of sulfonamides is 1. The summed E-state index contributed by atoms with van der Waals surface area (Å²) in [4.78, 5) is 17.2. The number of thiazole rings is 1. The molecule has 0 unspecified atom stereocenters. The number of ketones is 1. The summed E-state index contributed by atoms with van der Waals surface area (Å²) in [5.74, 6) is -0.198. The first kappa shape index (κ1) is 19.3. The van der Waals surface area contributed by atoms with Gasteiger partial charge >= 0.3 is 0 Å². The van der Waals surface area contributed by atoms with E-state index >= 15 is 0 Å². The second-order valence-corrected chi connectivity index (χ2v) is 9.95. The SMILES string of the molecule is O=C(CNc1nc2ccc(Cl)cc2s1)c1cccc(S(=O)(=O)N2CCCC2)c1. The van der Waals surface area contributed by atoms with Crippen LogP contribution >= 0.6 is 22.9 Å². The van der Waals surface area contributed by atoms with Crippen molar-refractivity contribution in [2.75, 3.05) is 25.0 Å². The van der Waals surface area contributed by atoms with E-state index in [-0.39, 0.29) is 17.2 Å². The molecule has 6 nitrogen and oxygen atoms in total. The van der Waals surface area contributed by atoms with Crippen LogP contribution < -0.4 is 5.32 Å². The van der Waals surface area contributed by atoms with Gasteiger partial charge in [-0.1, -0.05) is 35.1 Å². The molecule has 0 saturated carbocycles. The first-order chi connectivity index (χ1) is 13.4. The Morgan fingerprint density at radius 2 is 1.96 bits per heavy atom. The van der Waals surface area contributed by atoms with Crippen LogP contribution in [0.1, 0.15) is 23.2 Å². The molecule has 0 spiro atoms. The molecule has 2 aromatic carbocycles. The second-order valence-electron chi connectivity index (χ2n) is 6.55. The third-order valence-corrected chi connectivity index (χ3v) is 7.72. The molecule has 1 aliphatic rings. The van der Waals surface area contributed by atoms with Crippen molar-refractivity contribution < 1.29 is 13.2 Å². The largest absolute Gasteiger partial charge is 0.354 e. The Morgan fingerprint density at radius 3 is 2.75 bits per heavy atom. The van der Waals surface area contributed by atoms with Gasteiger partial charge in [0.05, 0.1) is 21.7 Å². The second kappa shape index (κ2) is 7.79. The van der Waals surface area contributed by atoms with Crippen molar-refractivity contribution in [2.24, 2.45) is 0 Å². The fourth-order valence-corrected chi connectivity index (χ4v) is 5.84. The number of Topliss-reactive ketones (excluding diaryl/α,β-unsaturated/α-hetero) is 1. The highest BCUT2D eigenvalue weighted by atomic mass is 35.5. The molecule has 9 heteroatoms. The Hall–Kier alpha value is -2.00. The molecular formula is C19H18ClN3O3S2. The monoisotopic (exact) mass is 435 g/mol. The van der Waals surface area contributed by atoms with E-state index in [4.69, 9.17) is 11.6 Å². The van der Waals surface area contributed by atoms with Crippen molar-refractivity contribution in [3.05, 3.63) is 53.1 Å². The van der Waals surface area contributed by atoms with E-state index in [0.717, 1.165) is 23.1 Å². The van der Waals surface area contributed by atoms with Crippen molar-refractivity contribution >= 4 is 54.1 Å². The van der Waals surface area contributed by atoms with Crippen LogP contribution in [0.25, 0.3) is 10.2 Å². The number of carbonyl (C=O) groups is 1. The zero-order valence-corrected chi connectivity index (χ0v) is 17.3. The van der Waals surface area contributed by atoms with Crippen molar-refractivity contribution in [1.82, 2.24) is 9.29 Å². The number of halogens is 1. The normalized spacial score (nSPS) is 15.2. The number of nitrogens with zero attached hydrogens (tertiary/aromatic N) is 2. The summed E-state index contributed by atoms with van der Waals surface area (Å²) in [6.45, 7) is 1.09. The fourth-order valence-electron chi connectivity index (χ4n) is 3.14. The van der Waals surface area contributed by atoms with Gasteiger partial charge in [0.15, 0.2) is 10.9 Å². The number of rotatable bonds is 6. The predicted octanol–water partition coefficient (Wildman–Crippen LogP) is 4.03. The molecule has 1 aliphatic heterocycles. The Labute approximate surface area is 172 Å². The van der Waals surface area contributed by atoms with Crippen LogP contribution in [0.4, 0.5) is 5.13 Å². The summed E-state index contributed by atoms with van der Waals surface area (Å²) in [7, 11) is -3.55. The minimum Gasteiger partial charge on any atom is -0.354 e. The summed E-state index contributed by atoms with van der Waals surface area (Å²) >= 11 is 7.40. The first-order valence-corrected chi connectivity index (χ1v) is 11.5. The summed E-state index contributed by atoms with van der Waals surface area (Å²) in [5.41, 5.74) is 1.17. The minimum absolute atomic E-state index is 0.0285. The molecule has 3 aromatic rings. The average molecular weight is 436 g/mol. The maximum absolute atomic E-state index is 12.7. The lowest BCUT2D eigenvalue weighted by atomic mass is 10.1. The van der Waals surface area contributed by atoms with Gasteiger partial charge in [-0.3, -0.25) is 4.79 Å². The van der Waals surface area contributed by atoms with E-state index in [9.17, 15) is 13.2 Å². The van der Waals surface area contributed by atoms with Crippen LogP contribution in [0.15, 0.2) is 47.4 Å². The summed E-state index contributed by atoms with van der Waals surface area (Å²) in [6, 6.07) is 11.7. The number of anilines is 1. The summed E-state index contributed by atoms with van der Waals surface area (Å²) in [6.07, 6.45) is 1.74. The minimum atomic E-state index is -3.55. The number of carbonyl (C=O) groups excluding carboxylic acids is 1. The van der Waals surface area contributed by atoms with E-state index in [2.05, 4.69) is 10.3 Å². The average Bonchev–Trinajstić information content (AvgIpc) is 3.36. The molecule has 0 radical (unpaired) electrons. The molecule has 4 rings (SSSR count). The maximum atomic E-state index is 12.7. The van der Waals surface area contributed by atoms with E-state index < -0.39 is 10.0 Å². The standard InChI is InChI=1S/C19H18ClN3O3S2/c20-14-6-7-16-18(11-14)27-19(22-16)21-12-17(24)13-4-3-5-15(10-13)28(25,26)23-8-1-2-9-23/h3-7,10-11H,1-2,8-9,12H2,(H,21,22). The summed E-state index contributed by atoms with van der Waals surface area (Å²) in [5, 5.41) is 4.27. The number of nitrogens with one attached hydrogen (secondary N) is 1. The molecule has 28 heavy (non-hydrogen) atoms. The predicted molar refractivity (Wildman–Crippen MR) is 112 cm³/mol. The van der Waals surface area contributed by atoms with E-state index in [1.807, 2.05) is 12.1 Å². The van der Waals surface area contributed by atoms with Crippen LogP contribution in [0.2, 0.25) is 5.02 Å². The molecule has 0 aliphatic carbocycles. The molecule has 1 aromatic heterocycles. The van der Waals surface area contributed by atoms with Crippen LogP contribution in [0, 0.1) is 0 Å². The molecule has 0 atom stereocenters. The summed E-state index contributed by atoms with van der Waals surface area (Å²) < 4.78 is 27.8. The van der Waals surface area contributed by atoms with Crippen molar-refractivity contribution in [1.29, 1.82) is 0 Å². The topological polar surface area (TPSA) is 79.4 Å². The smallest absolute Gasteiger partial charge is 0.243 e. The van der Waals surface area contributed by atoms with Crippen LogP contribution in [-0.2, 0) is 10.0 Å². The van der Waals surface area contributed by atoms with Gasteiger partial charge in [-0.2, -0.15) is 4.31 Å². The molecule has 1 fully saturated rings. The third-order valence-electron chi connectivity index (χ3n) is 4.61. The van der Waals surface area contributed by atoms with Gasteiger partial charge in [0.1, 0.15) is 0 Å². The lowest BCUT2D eigenvalue weighted by molar-refractivity contribution is 0.101. The zero-order chi connectivity index (χ0) is 19.7. The van der Waals surface area contributed by atoms with E-state index in [1.54, 1.807) is 18.2 Å². The Morgan fingerprint density at radius 1 is 1.18 bits per heavy atom. The van der Waals surface area contributed by atoms with Gasteiger partial charge in [-0.15, -0.1) is 0 Å². The van der Waals surface area contributed by atoms with E-state index in [1.165, 1.54) is 27.8 Å². The van der Waals surface area contributed by atoms with Crippen LogP contribution in [0.3, 0.4) is 0 Å². The quantitative estimate of drug-likeness (QED) is 0.591. The van der Waals surface area contributed by atoms with Gasteiger partial charge in [0.25, 0.3) is 0 Å². The van der Waals surface area contributed by atoms with Gasteiger partial charge in [-0.25, -0.2) is 13.4 Å². The molecule has 1 saturated heterocycles. The Balaban J connectivity index is 1.48. The number of hydrogen-bond acceptors (Lipinski definition) is 6. The van der Waals surface area contributed by atoms with Gasteiger partial charge in [-0.05, 0) is 43.2 Å². The van der Waals surface area contributed by atoms with Gasteiger partial charge in [0.2, 0.25) is 10.0 Å². The zero-order valence-electron chi connectivity index (χ0n) is 14.9. The maximum Gasteiger partial charge on any atom is 0.243 e. The number of aromatic nitrogens is 1. The molecule has 2 heterocycles. The molecule has 0 bridgehead atoms. The molecular weight excluding hydrogens is 418 g/mol. The molecule has 1 N–H and O–H groups in total.